The molecule has 3 aromatic rings. The molecule has 3 rings (SSSR count). The molecule has 0 aliphatic rings. The number of nitrogens with two attached hydrogens (primary N) is 1. The molecule has 176 valence electrons. The van der Waals surface area contributed by atoms with Gasteiger partial charge in [0.25, 0.3) is 11.8 Å². The molecule has 2 atom stereocenters. The van der Waals surface area contributed by atoms with E-state index in [-0.39, 0.29) is 17.4 Å². The van der Waals surface area contributed by atoms with E-state index >= 15 is 0 Å². The molecule has 1 aromatic heterocycles. The number of aliphatic hydroxyl groups excluding tert-OH is 1. The Balaban J connectivity index is 1.80. The SMILES string of the molecule is COC(=O)[C@@H](NC(=O)c1nc(-c2cccc(C(=O)NCc3ccccc3)c2)cnc1N)[C@@H](C)O. The van der Waals surface area contributed by atoms with E-state index in [0.29, 0.717) is 23.4 Å². The molecule has 5 N–H and O–H groups in total. The van der Waals surface area contributed by atoms with Gasteiger partial charge < -0.3 is 26.2 Å². The average molecular weight is 463 g/mol. The van der Waals surface area contributed by atoms with Gasteiger partial charge in [0.05, 0.1) is 25.1 Å². The second-order valence-electron chi connectivity index (χ2n) is 7.45. The van der Waals surface area contributed by atoms with Gasteiger partial charge in [0.2, 0.25) is 0 Å². The van der Waals surface area contributed by atoms with Crippen molar-refractivity contribution in [1.29, 1.82) is 0 Å². The molecule has 0 saturated heterocycles. The Labute approximate surface area is 196 Å². The first-order valence-electron chi connectivity index (χ1n) is 10.4. The Kier molecular flexibility index (Phi) is 7.88. The lowest BCUT2D eigenvalue weighted by Crippen LogP contribution is -2.48. The molecule has 0 fully saturated rings. The number of rotatable bonds is 8. The lowest BCUT2D eigenvalue weighted by molar-refractivity contribution is -0.145. The highest BCUT2D eigenvalue weighted by Crippen LogP contribution is 2.20. The van der Waals surface area contributed by atoms with Crippen LogP contribution in [0, 0.1) is 0 Å². The molecule has 0 saturated carbocycles. The van der Waals surface area contributed by atoms with Crippen molar-refractivity contribution in [3.63, 3.8) is 0 Å². The lowest BCUT2D eigenvalue weighted by atomic mass is 10.1. The van der Waals surface area contributed by atoms with Gasteiger partial charge in [0.15, 0.2) is 17.6 Å². The van der Waals surface area contributed by atoms with E-state index in [1.54, 1.807) is 24.3 Å². The Hall–Kier alpha value is -4.31. The predicted octanol–water partition coefficient (Wildman–Crippen LogP) is 1.31. The highest BCUT2D eigenvalue weighted by molar-refractivity contribution is 5.99. The highest BCUT2D eigenvalue weighted by Gasteiger charge is 2.28. The third-order valence-electron chi connectivity index (χ3n) is 4.96. The Morgan fingerprint density at radius 2 is 1.82 bits per heavy atom. The van der Waals surface area contributed by atoms with Crippen molar-refractivity contribution in [2.45, 2.75) is 25.6 Å². The highest BCUT2D eigenvalue weighted by atomic mass is 16.5. The second kappa shape index (κ2) is 11.0. The zero-order valence-electron chi connectivity index (χ0n) is 18.7. The molecular formula is C24H25N5O5. The van der Waals surface area contributed by atoms with E-state index in [9.17, 15) is 19.5 Å². The number of amides is 2. The lowest BCUT2D eigenvalue weighted by Gasteiger charge is -2.19. The monoisotopic (exact) mass is 463 g/mol. The molecule has 2 aromatic carbocycles. The average Bonchev–Trinajstić information content (AvgIpc) is 2.86. The minimum atomic E-state index is -1.31. The molecule has 1 heterocycles. The van der Waals surface area contributed by atoms with E-state index in [1.165, 1.54) is 13.1 Å². The summed E-state index contributed by atoms with van der Waals surface area (Å²) in [6.45, 7) is 1.71. The predicted molar refractivity (Wildman–Crippen MR) is 124 cm³/mol. The number of carbonyl (C=O) groups excluding carboxylic acids is 3. The summed E-state index contributed by atoms with van der Waals surface area (Å²) in [7, 11) is 1.14. The summed E-state index contributed by atoms with van der Waals surface area (Å²) in [6, 6.07) is 14.9. The maximum Gasteiger partial charge on any atom is 0.331 e. The van der Waals surface area contributed by atoms with Gasteiger partial charge in [-0.3, -0.25) is 9.59 Å². The van der Waals surface area contributed by atoms with Crippen molar-refractivity contribution in [2.24, 2.45) is 0 Å². The van der Waals surface area contributed by atoms with Crippen LogP contribution in [0.2, 0.25) is 0 Å². The van der Waals surface area contributed by atoms with Crippen LogP contribution >= 0.6 is 0 Å². The van der Waals surface area contributed by atoms with E-state index in [2.05, 4.69) is 25.3 Å². The van der Waals surface area contributed by atoms with Crippen LogP contribution in [0.1, 0.15) is 33.3 Å². The summed E-state index contributed by atoms with van der Waals surface area (Å²) in [5.74, 6) is -2.06. The van der Waals surface area contributed by atoms with Crippen LogP contribution < -0.4 is 16.4 Å². The maximum absolute atomic E-state index is 12.7. The van der Waals surface area contributed by atoms with Crippen LogP contribution in [0.25, 0.3) is 11.3 Å². The molecule has 10 nitrogen and oxygen atoms in total. The van der Waals surface area contributed by atoms with Crippen LogP contribution in [0.5, 0.6) is 0 Å². The van der Waals surface area contributed by atoms with E-state index < -0.39 is 24.0 Å². The third-order valence-corrected chi connectivity index (χ3v) is 4.96. The number of aliphatic hydroxyl groups is 1. The molecule has 2 amide bonds. The van der Waals surface area contributed by atoms with Crippen LogP contribution in [0.3, 0.4) is 0 Å². The van der Waals surface area contributed by atoms with Crippen molar-refractivity contribution >= 4 is 23.6 Å². The number of hydrogen-bond acceptors (Lipinski definition) is 8. The van der Waals surface area contributed by atoms with Crippen LogP contribution in [-0.2, 0) is 16.1 Å². The number of esters is 1. The van der Waals surface area contributed by atoms with Crippen molar-refractivity contribution in [1.82, 2.24) is 20.6 Å². The Morgan fingerprint density at radius 1 is 1.09 bits per heavy atom. The molecule has 10 heteroatoms. The van der Waals surface area contributed by atoms with Gasteiger partial charge in [-0.2, -0.15) is 0 Å². The summed E-state index contributed by atoms with van der Waals surface area (Å²) in [5.41, 5.74) is 7.79. The summed E-state index contributed by atoms with van der Waals surface area (Å²) >= 11 is 0. The fraction of sp³-hybridized carbons (Fsp3) is 0.208. The number of aromatic nitrogens is 2. The summed E-state index contributed by atoms with van der Waals surface area (Å²) in [6.07, 6.45) is 0.166. The zero-order chi connectivity index (χ0) is 24.7. The standard InChI is InChI=1S/C24H25N5O5/c1-14(30)19(24(33)34-2)29-23(32)20-21(25)26-13-18(28-20)16-9-6-10-17(11-16)22(31)27-12-15-7-4-3-5-8-15/h3-11,13-14,19,30H,12H2,1-2H3,(H2,25,26)(H,27,31)(H,29,32)/t14-,19+/m1/s1. The molecule has 0 spiro atoms. The van der Waals surface area contributed by atoms with Gasteiger partial charge in [0, 0.05) is 17.7 Å². The number of nitrogens with one attached hydrogen (secondary N) is 2. The van der Waals surface area contributed by atoms with Crippen molar-refractivity contribution < 1.29 is 24.2 Å². The number of nitrogens with zero attached hydrogens (tertiary/aromatic N) is 2. The van der Waals surface area contributed by atoms with Crippen molar-refractivity contribution in [3.8, 4) is 11.3 Å². The van der Waals surface area contributed by atoms with Crippen molar-refractivity contribution in [2.75, 3.05) is 12.8 Å². The normalized spacial score (nSPS) is 12.3. The van der Waals surface area contributed by atoms with Crippen LogP contribution in [0.4, 0.5) is 5.82 Å². The molecule has 0 radical (unpaired) electrons. The fourth-order valence-electron chi connectivity index (χ4n) is 3.12. The van der Waals surface area contributed by atoms with Crippen molar-refractivity contribution in [3.05, 3.63) is 77.6 Å². The van der Waals surface area contributed by atoms with Gasteiger partial charge in [-0.05, 0) is 24.6 Å². The topological polar surface area (TPSA) is 157 Å². The zero-order valence-corrected chi connectivity index (χ0v) is 18.7. The smallest absolute Gasteiger partial charge is 0.331 e. The minimum Gasteiger partial charge on any atom is -0.467 e. The number of benzene rings is 2. The summed E-state index contributed by atoms with van der Waals surface area (Å²) in [4.78, 5) is 45.4. The first-order chi connectivity index (χ1) is 16.3. The first kappa shape index (κ1) is 24.3. The summed E-state index contributed by atoms with van der Waals surface area (Å²) in [5, 5.41) is 15.0. The van der Waals surface area contributed by atoms with Gasteiger partial charge >= 0.3 is 5.97 Å². The van der Waals surface area contributed by atoms with Crippen LogP contribution in [0.15, 0.2) is 60.8 Å². The second-order valence-corrected chi connectivity index (χ2v) is 7.45. The third kappa shape index (κ3) is 5.93. The molecule has 0 bridgehead atoms. The largest absolute Gasteiger partial charge is 0.467 e. The maximum atomic E-state index is 12.7. The number of anilines is 1. The fourth-order valence-corrected chi connectivity index (χ4v) is 3.12. The quantitative estimate of drug-likeness (QED) is 0.364. The van der Waals surface area contributed by atoms with Gasteiger partial charge in [0.1, 0.15) is 0 Å². The first-order valence-corrected chi connectivity index (χ1v) is 10.4. The van der Waals surface area contributed by atoms with E-state index in [4.69, 9.17) is 5.73 Å². The molecule has 0 unspecified atom stereocenters. The number of hydrogen-bond donors (Lipinski definition) is 4. The van der Waals surface area contributed by atoms with Crippen LogP contribution in [-0.4, -0.2) is 52.1 Å². The Morgan fingerprint density at radius 3 is 2.50 bits per heavy atom. The number of methoxy groups -OCH3 is 1. The summed E-state index contributed by atoms with van der Waals surface area (Å²) < 4.78 is 4.60. The van der Waals surface area contributed by atoms with Gasteiger partial charge in [-0.1, -0.05) is 42.5 Å². The molecule has 0 aliphatic carbocycles. The van der Waals surface area contributed by atoms with Gasteiger partial charge in [-0.15, -0.1) is 0 Å². The van der Waals surface area contributed by atoms with E-state index in [1.807, 2.05) is 30.3 Å². The van der Waals surface area contributed by atoms with Gasteiger partial charge in [-0.25, -0.2) is 14.8 Å². The number of nitrogen functional groups attached to an aromatic ring is 1. The number of ether oxygens (including phenoxy) is 1. The molecule has 34 heavy (non-hydrogen) atoms. The minimum absolute atomic E-state index is 0.160. The van der Waals surface area contributed by atoms with E-state index in [0.717, 1.165) is 12.7 Å². The molecular weight excluding hydrogens is 438 g/mol. The number of carbonyl (C=O) groups is 3. The Bertz CT molecular complexity index is 1180. The molecule has 0 aliphatic heterocycles.